The number of rotatable bonds is 4. The monoisotopic (exact) mass is 379 g/mol. The fourth-order valence-corrected chi connectivity index (χ4v) is 3.96. The maximum Gasteiger partial charge on any atom is 0.231 e. The van der Waals surface area contributed by atoms with Gasteiger partial charge in [0, 0.05) is 56.8 Å². The number of aliphatic hydroxyl groups is 1. The van der Waals surface area contributed by atoms with Gasteiger partial charge in [0.05, 0.1) is 11.5 Å². The van der Waals surface area contributed by atoms with Crippen molar-refractivity contribution in [3.05, 3.63) is 36.5 Å². The highest BCUT2D eigenvalue weighted by Gasteiger charge is 2.24. The number of β-amino-alcohol motifs (C(OH)–C–C–N with tert-alkyl or cyclic N) is 1. The van der Waals surface area contributed by atoms with Gasteiger partial charge < -0.3 is 30.5 Å². The summed E-state index contributed by atoms with van der Waals surface area (Å²) in [5, 5.41) is 17.6. The van der Waals surface area contributed by atoms with Gasteiger partial charge in [-0.2, -0.15) is 9.97 Å². The molecule has 2 fully saturated rings. The first kappa shape index (κ1) is 17.3. The number of fused-ring (bicyclic) bond motifs is 1. The zero-order chi connectivity index (χ0) is 18.9. The minimum absolute atomic E-state index is 0.294. The predicted octanol–water partition coefficient (Wildman–Crippen LogP) is 1.68. The van der Waals surface area contributed by atoms with E-state index in [2.05, 4.69) is 54.7 Å². The Morgan fingerprint density at radius 3 is 2.57 bits per heavy atom. The van der Waals surface area contributed by atoms with E-state index in [0.29, 0.717) is 12.5 Å². The fourth-order valence-electron chi connectivity index (χ4n) is 3.96. The molecule has 0 bridgehead atoms. The van der Waals surface area contributed by atoms with Crippen LogP contribution in [0, 0.1) is 0 Å². The number of aromatic amines is 1. The van der Waals surface area contributed by atoms with Crippen molar-refractivity contribution in [2.75, 3.05) is 54.4 Å². The van der Waals surface area contributed by atoms with E-state index in [9.17, 15) is 5.11 Å². The Morgan fingerprint density at radius 2 is 1.82 bits per heavy atom. The minimum atomic E-state index is -0.294. The Morgan fingerprint density at radius 1 is 1.00 bits per heavy atom. The zero-order valence-electron chi connectivity index (χ0n) is 15.7. The third-order valence-electron chi connectivity index (χ3n) is 5.46. The molecule has 146 valence electrons. The molecule has 1 atom stereocenters. The normalized spacial score (nSPS) is 20.1. The Hall–Kier alpha value is -2.84. The second kappa shape index (κ2) is 7.29. The largest absolute Gasteiger partial charge is 0.391 e. The quantitative estimate of drug-likeness (QED) is 0.548. The molecule has 0 amide bonds. The topological polar surface area (TPSA) is 92.3 Å². The molecule has 2 aliphatic heterocycles. The van der Waals surface area contributed by atoms with Crippen LogP contribution in [-0.4, -0.2) is 65.4 Å². The zero-order valence-corrected chi connectivity index (χ0v) is 15.7. The van der Waals surface area contributed by atoms with Gasteiger partial charge in [0.2, 0.25) is 5.95 Å². The lowest BCUT2D eigenvalue weighted by molar-refractivity contribution is 0.198. The number of hydrogen-bond acceptors (Lipinski definition) is 7. The molecule has 0 radical (unpaired) electrons. The molecule has 28 heavy (non-hydrogen) atoms. The van der Waals surface area contributed by atoms with Crippen LogP contribution in [0.3, 0.4) is 0 Å². The molecule has 2 aromatic heterocycles. The van der Waals surface area contributed by atoms with Gasteiger partial charge >= 0.3 is 0 Å². The third kappa shape index (κ3) is 3.36. The van der Waals surface area contributed by atoms with Crippen LogP contribution in [0.1, 0.15) is 6.42 Å². The highest BCUT2D eigenvalue weighted by atomic mass is 16.3. The minimum Gasteiger partial charge on any atom is -0.391 e. The molecule has 8 heteroatoms. The van der Waals surface area contributed by atoms with Gasteiger partial charge in [-0.05, 0) is 36.8 Å². The average Bonchev–Trinajstić information content (AvgIpc) is 3.37. The highest BCUT2D eigenvalue weighted by molar-refractivity contribution is 5.89. The molecule has 1 aromatic carbocycles. The van der Waals surface area contributed by atoms with Gasteiger partial charge in [0.1, 0.15) is 11.5 Å². The van der Waals surface area contributed by atoms with E-state index in [1.807, 2.05) is 12.3 Å². The summed E-state index contributed by atoms with van der Waals surface area (Å²) >= 11 is 0. The van der Waals surface area contributed by atoms with E-state index in [1.165, 1.54) is 5.69 Å². The fraction of sp³-hybridized carbons (Fsp3) is 0.400. The van der Waals surface area contributed by atoms with Crippen molar-refractivity contribution < 1.29 is 5.11 Å². The number of hydrogen-bond donors (Lipinski definition) is 4. The van der Waals surface area contributed by atoms with Crippen molar-refractivity contribution >= 4 is 34.2 Å². The van der Waals surface area contributed by atoms with Crippen LogP contribution in [0.2, 0.25) is 0 Å². The number of nitrogens with zero attached hydrogens (tertiary/aromatic N) is 4. The standard InChI is InChI=1S/C20H25N7O/c28-16-6-10-27(13-16)19-17-5-7-22-18(17)24-20(25-19)23-14-1-3-15(4-2-14)26-11-8-21-9-12-26/h1-5,7,16,21,28H,6,8-13H2,(H2,22,23,24,25). The van der Waals surface area contributed by atoms with Crippen LogP contribution in [0.25, 0.3) is 11.0 Å². The summed E-state index contributed by atoms with van der Waals surface area (Å²) in [6.07, 6.45) is 2.35. The van der Waals surface area contributed by atoms with E-state index in [-0.39, 0.29) is 6.10 Å². The van der Waals surface area contributed by atoms with E-state index >= 15 is 0 Å². The molecular formula is C20H25N7O. The molecule has 2 saturated heterocycles. The lowest BCUT2D eigenvalue weighted by Gasteiger charge is -2.29. The van der Waals surface area contributed by atoms with E-state index in [1.54, 1.807) is 0 Å². The van der Waals surface area contributed by atoms with Crippen LogP contribution >= 0.6 is 0 Å². The molecule has 4 N–H and O–H groups in total. The molecule has 5 rings (SSSR count). The van der Waals surface area contributed by atoms with E-state index in [0.717, 1.165) is 61.7 Å². The summed E-state index contributed by atoms with van der Waals surface area (Å²) in [5.74, 6) is 1.42. The number of anilines is 4. The number of nitrogens with one attached hydrogen (secondary N) is 3. The summed E-state index contributed by atoms with van der Waals surface area (Å²) in [4.78, 5) is 17.1. The number of benzene rings is 1. The first-order chi connectivity index (χ1) is 13.8. The molecule has 0 spiro atoms. The van der Waals surface area contributed by atoms with Crippen molar-refractivity contribution in [3.63, 3.8) is 0 Å². The van der Waals surface area contributed by atoms with Gasteiger partial charge in [-0.3, -0.25) is 0 Å². The van der Waals surface area contributed by atoms with Crippen molar-refractivity contribution in [3.8, 4) is 0 Å². The maximum absolute atomic E-state index is 9.91. The van der Waals surface area contributed by atoms with E-state index < -0.39 is 0 Å². The first-order valence-electron chi connectivity index (χ1n) is 9.87. The number of aliphatic hydroxyl groups excluding tert-OH is 1. The Labute approximate surface area is 163 Å². The lowest BCUT2D eigenvalue weighted by Crippen LogP contribution is -2.43. The second-order valence-corrected chi connectivity index (χ2v) is 7.41. The van der Waals surface area contributed by atoms with Crippen molar-refractivity contribution in [2.24, 2.45) is 0 Å². The maximum atomic E-state index is 9.91. The highest BCUT2D eigenvalue weighted by Crippen LogP contribution is 2.29. The van der Waals surface area contributed by atoms with Crippen molar-refractivity contribution in [1.29, 1.82) is 0 Å². The van der Waals surface area contributed by atoms with Crippen LogP contribution < -0.4 is 20.4 Å². The first-order valence-corrected chi connectivity index (χ1v) is 9.87. The van der Waals surface area contributed by atoms with Gasteiger partial charge in [-0.1, -0.05) is 0 Å². The molecular weight excluding hydrogens is 354 g/mol. The predicted molar refractivity (Wildman–Crippen MR) is 112 cm³/mol. The van der Waals surface area contributed by atoms with Gasteiger partial charge in [-0.15, -0.1) is 0 Å². The molecule has 0 saturated carbocycles. The van der Waals surface area contributed by atoms with Crippen LogP contribution in [0.15, 0.2) is 36.5 Å². The summed E-state index contributed by atoms with van der Waals surface area (Å²) in [5.41, 5.74) is 2.99. The number of H-pyrrole nitrogens is 1. The smallest absolute Gasteiger partial charge is 0.231 e. The molecule has 8 nitrogen and oxygen atoms in total. The Bertz CT molecular complexity index is 949. The second-order valence-electron chi connectivity index (χ2n) is 7.41. The molecule has 2 aliphatic rings. The summed E-state index contributed by atoms with van der Waals surface area (Å²) < 4.78 is 0. The van der Waals surface area contributed by atoms with Crippen LogP contribution in [-0.2, 0) is 0 Å². The Kier molecular flexibility index (Phi) is 4.50. The van der Waals surface area contributed by atoms with Crippen molar-refractivity contribution in [2.45, 2.75) is 12.5 Å². The summed E-state index contributed by atoms with van der Waals surface area (Å²) in [7, 11) is 0. The number of piperazine rings is 1. The summed E-state index contributed by atoms with van der Waals surface area (Å²) in [6, 6.07) is 10.4. The number of aromatic nitrogens is 3. The molecule has 0 aliphatic carbocycles. The van der Waals surface area contributed by atoms with E-state index in [4.69, 9.17) is 4.98 Å². The van der Waals surface area contributed by atoms with Crippen LogP contribution in [0.4, 0.5) is 23.1 Å². The van der Waals surface area contributed by atoms with Gasteiger partial charge in [0.15, 0.2) is 0 Å². The Balaban J connectivity index is 1.39. The SMILES string of the molecule is OC1CCN(c2nc(Nc3ccc(N4CCNCC4)cc3)nc3[nH]ccc23)C1. The molecule has 4 heterocycles. The molecule has 3 aromatic rings. The van der Waals surface area contributed by atoms with Gasteiger partial charge in [-0.25, -0.2) is 0 Å². The van der Waals surface area contributed by atoms with Gasteiger partial charge in [0.25, 0.3) is 0 Å². The third-order valence-corrected chi connectivity index (χ3v) is 5.46. The molecule has 1 unspecified atom stereocenters. The van der Waals surface area contributed by atoms with Crippen molar-refractivity contribution in [1.82, 2.24) is 20.3 Å². The summed E-state index contributed by atoms with van der Waals surface area (Å²) in [6.45, 7) is 5.53. The van der Waals surface area contributed by atoms with Crippen LogP contribution in [0.5, 0.6) is 0 Å². The average molecular weight is 379 g/mol. The lowest BCUT2D eigenvalue weighted by atomic mass is 10.2.